The Morgan fingerprint density at radius 3 is 2.76 bits per heavy atom. The van der Waals surface area contributed by atoms with Gasteiger partial charge in [-0.15, -0.1) is 0 Å². The molecule has 0 aliphatic rings. The van der Waals surface area contributed by atoms with Gasteiger partial charge in [0.25, 0.3) is 5.56 Å². The predicted octanol–water partition coefficient (Wildman–Crippen LogP) is 1.74. The van der Waals surface area contributed by atoms with Gasteiger partial charge in [-0.25, -0.2) is 4.98 Å². The lowest BCUT2D eigenvalue weighted by molar-refractivity contribution is 0.475. The molecule has 0 amide bonds. The number of hydrogen-bond acceptors (Lipinski definition) is 4. The third kappa shape index (κ3) is 2.76. The van der Waals surface area contributed by atoms with Crippen LogP contribution in [0.3, 0.4) is 0 Å². The van der Waals surface area contributed by atoms with Gasteiger partial charge in [0.1, 0.15) is 10.8 Å². The summed E-state index contributed by atoms with van der Waals surface area (Å²) < 4.78 is 0. The summed E-state index contributed by atoms with van der Waals surface area (Å²) in [6.45, 7) is 0.469. The summed E-state index contributed by atoms with van der Waals surface area (Å²) in [6, 6.07) is 6.71. The molecule has 0 saturated carbocycles. The lowest BCUT2D eigenvalue weighted by atomic mass is 10.2. The summed E-state index contributed by atoms with van der Waals surface area (Å²) >= 11 is 5.78. The Labute approximate surface area is 102 Å². The number of H-pyrrole nitrogens is 1. The van der Waals surface area contributed by atoms with Crippen LogP contribution in [0.5, 0.6) is 5.75 Å². The van der Waals surface area contributed by atoms with Crippen molar-refractivity contribution in [1.29, 1.82) is 0 Å². The van der Waals surface area contributed by atoms with E-state index in [4.69, 9.17) is 16.7 Å². The molecular weight excluding hydrogens is 242 g/mol. The Kier molecular flexibility index (Phi) is 3.30. The fourth-order valence-corrected chi connectivity index (χ4v) is 1.48. The molecule has 0 aliphatic heterocycles. The van der Waals surface area contributed by atoms with Crippen LogP contribution in [0.4, 0.5) is 5.82 Å². The SMILES string of the molecule is O=c1[nH]cnc(NCc2ccc(O)cc2)c1Cl. The van der Waals surface area contributed by atoms with E-state index in [1.54, 1.807) is 24.3 Å². The van der Waals surface area contributed by atoms with Crippen molar-refractivity contribution in [2.24, 2.45) is 0 Å². The van der Waals surface area contributed by atoms with E-state index >= 15 is 0 Å². The second-order valence-corrected chi connectivity index (χ2v) is 3.79. The highest BCUT2D eigenvalue weighted by Gasteiger charge is 2.04. The molecule has 0 bridgehead atoms. The normalized spacial score (nSPS) is 10.2. The van der Waals surface area contributed by atoms with E-state index < -0.39 is 0 Å². The van der Waals surface area contributed by atoms with Crippen LogP contribution in [0.15, 0.2) is 35.4 Å². The smallest absolute Gasteiger partial charge is 0.271 e. The van der Waals surface area contributed by atoms with Gasteiger partial charge in [0.15, 0.2) is 5.82 Å². The third-order valence-electron chi connectivity index (χ3n) is 2.19. The molecule has 0 spiro atoms. The molecule has 1 heterocycles. The Morgan fingerprint density at radius 2 is 2.06 bits per heavy atom. The molecule has 0 unspecified atom stereocenters. The van der Waals surface area contributed by atoms with E-state index in [1.165, 1.54) is 6.33 Å². The number of hydrogen-bond donors (Lipinski definition) is 3. The number of halogens is 1. The van der Waals surface area contributed by atoms with Crippen molar-refractivity contribution in [2.45, 2.75) is 6.54 Å². The predicted molar refractivity (Wildman–Crippen MR) is 65.3 cm³/mol. The summed E-state index contributed by atoms with van der Waals surface area (Å²) in [5.74, 6) is 0.546. The van der Waals surface area contributed by atoms with Crippen LogP contribution in [0.1, 0.15) is 5.56 Å². The highest BCUT2D eigenvalue weighted by Crippen LogP contribution is 2.15. The van der Waals surface area contributed by atoms with E-state index in [0.29, 0.717) is 12.4 Å². The van der Waals surface area contributed by atoms with Crippen LogP contribution in [0.2, 0.25) is 5.02 Å². The van der Waals surface area contributed by atoms with E-state index in [0.717, 1.165) is 5.56 Å². The molecule has 88 valence electrons. The molecule has 6 heteroatoms. The minimum Gasteiger partial charge on any atom is -0.508 e. The number of aromatic hydroxyl groups is 1. The van der Waals surface area contributed by atoms with Gasteiger partial charge < -0.3 is 15.4 Å². The Balaban J connectivity index is 2.10. The number of nitrogens with zero attached hydrogens (tertiary/aromatic N) is 1. The maximum absolute atomic E-state index is 11.2. The molecule has 1 aromatic carbocycles. The average Bonchev–Trinajstić information content (AvgIpc) is 2.33. The summed E-state index contributed by atoms with van der Waals surface area (Å²) in [5.41, 5.74) is 0.566. The first kappa shape index (κ1) is 11.5. The highest BCUT2D eigenvalue weighted by molar-refractivity contribution is 6.32. The van der Waals surface area contributed by atoms with Crippen molar-refractivity contribution in [3.8, 4) is 5.75 Å². The quantitative estimate of drug-likeness (QED) is 0.777. The van der Waals surface area contributed by atoms with Crippen molar-refractivity contribution in [2.75, 3.05) is 5.32 Å². The van der Waals surface area contributed by atoms with Gasteiger partial charge >= 0.3 is 0 Å². The van der Waals surface area contributed by atoms with E-state index in [2.05, 4.69) is 15.3 Å². The molecule has 1 aromatic heterocycles. The average molecular weight is 252 g/mol. The van der Waals surface area contributed by atoms with Gasteiger partial charge in [0.05, 0.1) is 6.33 Å². The van der Waals surface area contributed by atoms with Crippen LogP contribution in [-0.4, -0.2) is 15.1 Å². The van der Waals surface area contributed by atoms with Crippen LogP contribution in [0, 0.1) is 0 Å². The van der Waals surface area contributed by atoms with Crippen LogP contribution < -0.4 is 10.9 Å². The van der Waals surface area contributed by atoms with Crippen LogP contribution in [0.25, 0.3) is 0 Å². The number of aromatic nitrogens is 2. The molecule has 5 nitrogen and oxygen atoms in total. The first-order valence-corrected chi connectivity index (χ1v) is 5.29. The fraction of sp³-hybridized carbons (Fsp3) is 0.0909. The first-order chi connectivity index (χ1) is 8.16. The molecule has 2 rings (SSSR count). The first-order valence-electron chi connectivity index (χ1n) is 4.92. The molecule has 0 radical (unpaired) electrons. The molecule has 17 heavy (non-hydrogen) atoms. The summed E-state index contributed by atoms with van der Waals surface area (Å²) in [7, 11) is 0. The Morgan fingerprint density at radius 1 is 1.35 bits per heavy atom. The van der Waals surface area contributed by atoms with Gasteiger partial charge in [-0.3, -0.25) is 4.79 Å². The van der Waals surface area contributed by atoms with Crippen LogP contribution in [-0.2, 0) is 6.54 Å². The van der Waals surface area contributed by atoms with Crippen molar-refractivity contribution in [1.82, 2.24) is 9.97 Å². The van der Waals surface area contributed by atoms with Gasteiger partial charge in [-0.05, 0) is 17.7 Å². The Bertz CT molecular complexity index is 566. The largest absolute Gasteiger partial charge is 0.508 e. The fourth-order valence-electron chi connectivity index (χ4n) is 1.31. The zero-order valence-corrected chi connectivity index (χ0v) is 9.53. The maximum Gasteiger partial charge on any atom is 0.271 e. The van der Waals surface area contributed by atoms with Gasteiger partial charge in [-0.2, -0.15) is 0 Å². The topological polar surface area (TPSA) is 78.0 Å². The van der Waals surface area contributed by atoms with Crippen molar-refractivity contribution in [3.63, 3.8) is 0 Å². The number of anilines is 1. The van der Waals surface area contributed by atoms with E-state index in [9.17, 15) is 4.79 Å². The summed E-state index contributed by atoms with van der Waals surface area (Å²) in [6.07, 6.45) is 1.29. The second kappa shape index (κ2) is 4.88. The molecular formula is C11H10ClN3O2. The minimum atomic E-state index is -0.380. The lowest BCUT2D eigenvalue weighted by Gasteiger charge is -2.06. The lowest BCUT2D eigenvalue weighted by Crippen LogP contribution is -2.11. The Hall–Kier alpha value is -2.01. The van der Waals surface area contributed by atoms with E-state index in [-0.39, 0.29) is 16.3 Å². The number of aromatic amines is 1. The number of rotatable bonds is 3. The molecule has 0 saturated heterocycles. The standard InChI is InChI=1S/C11H10ClN3O2/c12-9-10(14-6-15-11(9)17)13-5-7-1-3-8(16)4-2-7/h1-4,6,16H,5H2,(H2,13,14,15,17). The maximum atomic E-state index is 11.2. The van der Waals surface area contributed by atoms with E-state index in [1.807, 2.05) is 0 Å². The zero-order valence-electron chi connectivity index (χ0n) is 8.77. The van der Waals surface area contributed by atoms with Gasteiger partial charge in [0.2, 0.25) is 0 Å². The minimum absolute atomic E-state index is 0.0336. The van der Waals surface area contributed by atoms with Crippen molar-refractivity contribution >= 4 is 17.4 Å². The molecule has 0 atom stereocenters. The highest BCUT2D eigenvalue weighted by atomic mass is 35.5. The molecule has 2 aromatic rings. The van der Waals surface area contributed by atoms with Gasteiger partial charge in [0, 0.05) is 6.54 Å². The van der Waals surface area contributed by atoms with Crippen molar-refractivity contribution in [3.05, 3.63) is 51.5 Å². The number of nitrogens with one attached hydrogen (secondary N) is 2. The monoisotopic (exact) mass is 251 g/mol. The zero-order chi connectivity index (χ0) is 12.3. The van der Waals surface area contributed by atoms with Gasteiger partial charge in [-0.1, -0.05) is 23.7 Å². The number of phenolic OH excluding ortho intramolecular Hbond substituents is 1. The molecule has 0 fully saturated rings. The van der Waals surface area contributed by atoms with Crippen LogP contribution >= 0.6 is 11.6 Å². The second-order valence-electron chi connectivity index (χ2n) is 3.41. The molecule has 0 aliphatic carbocycles. The van der Waals surface area contributed by atoms with Crippen molar-refractivity contribution < 1.29 is 5.11 Å². The molecule has 3 N–H and O–H groups in total. The summed E-state index contributed by atoms with van der Waals surface area (Å²) in [4.78, 5) is 17.5. The third-order valence-corrected chi connectivity index (χ3v) is 2.54. The number of phenols is 1. The number of benzene rings is 1. The summed E-state index contributed by atoms with van der Waals surface area (Å²) in [5, 5.41) is 12.1.